The maximum Gasteiger partial charge on any atom is 0.350 e. The number of ether oxygens (including phenoxy) is 1. The number of nitrogens with one attached hydrogen (secondary N) is 1. The van der Waals surface area contributed by atoms with Crippen LogP contribution in [0.25, 0.3) is 0 Å². The molecule has 0 saturated heterocycles. The van der Waals surface area contributed by atoms with Crippen molar-refractivity contribution in [1.29, 1.82) is 0 Å². The van der Waals surface area contributed by atoms with Gasteiger partial charge in [0.1, 0.15) is 11.5 Å². The molecule has 2 aromatic rings. The molecule has 0 bridgehead atoms. The summed E-state index contributed by atoms with van der Waals surface area (Å²) in [5.41, 5.74) is 2.51. The van der Waals surface area contributed by atoms with Gasteiger partial charge in [-0.2, -0.15) is 0 Å². The Morgan fingerprint density at radius 1 is 1.41 bits per heavy atom. The van der Waals surface area contributed by atoms with Crippen molar-refractivity contribution in [2.45, 2.75) is 17.6 Å². The van der Waals surface area contributed by atoms with E-state index in [1.807, 2.05) is 30.5 Å². The minimum Gasteiger partial charge on any atom is -0.493 e. The molecule has 0 spiro atoms. The van der Waals surface area contributed by atoms with Gasteiger partial charge in [-0.1, -0.05) is 6.07 Å². The average molecular weight is 322 g/mol. The smallest absolute Gasteiger partial charge is 0.350 e. The van der Waals surface area contributed by atoms with Gasteiger partial charge < -0.3 is 9.15 Å². The van der Waals surface area contributed by atoms with Gasteiger partial charge in [-0.05, 0) is 31.2 Å². The summed E-state index contributed by atoms with van der Waals surface area (Å²) in [5, 5.41) is 0.951. The minimum atomic E-state index is -0.617. The van der Waals surface area contributed by atoms with Crippen LogP contribution in [-0.2, 0) is 5.75 Å². The van der Waals surface area contributed by atoms with Crippen molar-refractivity contribution in [3.63, 3.8) is 0 Å². The number of thioether (sulfide) groups is 1. The predicted octanol–water partition coefficient (Wildman–Crippen LogP) is 2.23. The molecule has 0 unspecified atom stereocenters. The summed E-state index contributed by atoms with van der Waals surface area (Å²) in [5.74, 6) is 13.0. The van der Waals surface area contributed by atoms with Crippen LogP contribution in [0.4, 0.5) is 10.5 Å². The Morgan fingerprint density at radius 3 is 2.86 bits per heavy atom. The second kappa shape index (κ2) is 7.74. The molecule has 2 amide bonds. The topological polar surface area (TPSA) is 107 Å². The molecular formula is C14H18N4O3S. The number of hydrogen-bond donors (Lipinski definition) is 3. The van der Waals surface area contributed by atoms with Gasteiger partial charge in [-0.15, -0.1) is 11.8 Å². The minimum absolute atomic E-state index is 0.505. The Morgan fingerprint density at radius 2 is 2.23 bits per heavy atom. The van der Waals surface area contributed by atoms with Gasteiger partial charge in [0.05, 0.1) is 29.2 Å². The fourth-order valence-corrected chi connectivity index (χ4v) is 2.86. The lowest BCUT2D eigenvalue weighted by Gasteiger charge is -2.21. The Kier molecular flexibility index (Phi) is 5.70. The van der Waals surface area contributed by atoms with Crippen LogP contribution in [0.3, 0.4) is 0 Å². The van der Waals surface area contributed by atoms with E-state index in [1.165, 1.54) is 11.8 Å². The SMILES string of the molecule is CCOc1cccc(N(N)C(=O)NN)c1SCc1ccco1. The van der Waals surface area contributed by atoms with Crippen LogP contribution < -0.4 is 26.9 Å². The molecule has 0 atom stereocenters. The lowest BCUT2D eigenvalue weighted by Crippen LogP contribution is -2.47. The predicted molar refractivity (Wildman–Crippen MR) is 85.3 cm³/mol. The molecule has 1 heterocycles. The van der Waals surface area contributed by atoms with Crippen molar-refractivity contribution in [1.82, 2.24) is 5.43 Å². The van der Waals surface area contributed by atoms with Gasteiger partial charge in [-0.3, -0.25) is 5.43 Å². The Balaban J connectivity index is 2.31. The number of rotatable bonds is 6. The van der Waals surface area contributed by atoms with Gasteiger partial charge >= 0.3 is 6.03 Å². The van der Waals surface area contributed by atoms with Crippen molar-refractivity contribution in [2.75, 3.05) is 11.6 Å². The van der Waals surface area contributed by atoms with E-state index >= 15 is 0 Å². The molecule has 0 aliphatic carbocycles. The van der Waals surface area contributed by atoms with Crippen LogP contribution in [0.15, 0.2) is 45.9 Å². The highest BCUT2D eigenvalue weighted by Crippen LogP contribution is 2.39. The molecule has 118 valence electrons. The summed E-state index contributed by atoms with van der Waals surface area (Å²) >= 11 is 1.47. The second-order valence-corrected chi connectivity index (χ2v) is 5.21. The number of furan rings is 1. The molecule has 0 aliphatic rings. The zero-order valence-electron chi connectivity index (χ0n) is 12.1. The number of hydrazine groups is 2. The molecule has 0 radical (unpaired) electrons. The Bertz CT molecular complexity index is 619. The molecular weight excluding hydrogens is 304 g/mol. The fraction of sp³-hybridized carbons (Fsp3) is 0.214. The molecule has 1 aromatic carbocycles. The maximum absolute atomic E-state index is 11.7. The average Bonchev–Trinajstić information content (AvgIpc) is 3.05. The molecule has 0 aliphatic heterocycles. The maximum atomic E-state index is 11.7. The van der Waals surface area contributed by atoms with Gasteiger partial charge in [0.2, 0.25) is 0 Å². The first kappa shape index (κ1) is 16.2. The van der Waals surface area contributed by atoms with E-state index in [4.69, 9.17) is 20.8 Å². The fourth-order valence-electron chi connectivity index (χ4n) is 1.83. The lowest BCUT2D eigenvalue weighted by molar-refractivity contribution is 0.246. The number of hydrogen-bond acceptors (Lipinski definition) is 6. The largest absolute Gasteiger partial charge is 0.493 e. The van der Waals surface area contributed by atoms with E-state index in [1.54, 1.807) is 18.4 Å². The van der Waals surface area contributed by atoms with Crippen molar-refractivity contribution in [2.24, 2.45) is 11.7 Å². The monoisotopic (exact) mass is 322 g/mol. The molecule has 2 rings (SSSR count). The summed E-state index contributed by atoms with van der Waals surface area (Å²) in [6.45, 7) is 2.39. The standard InChI is InChI=1S/C14H18N4O3S/c1-2-20-12-7-3-6-11(18(16)14(19)17-15)13(12)22-9-10-5-4-8-21-10/h3-8H,2,9,15-16H2,1H3,(H,17,19). The van der Waals surface area contributed by atoms with E-state index in [0.717, 1.165) is 15.7 Å². The van der Waals surface area contributed by atoms with Crippen LogP contribution >= 0.6 is 11.8 Å². The highest BCUT2D eigenvalue weighted by atomic mass is 32.2. The van der Waals surface area contributed by atoms with Crippen molar-refractivity contribution in [3.05, 3.63) is 42.4 Å². The Hall–Kier alpha value is -2.16. The third kappa shape index (κ3) is 3.73. The second-order valence-electron chi connectivity index (χ2n) is 4.22. The van der Waals surface area contributed by atoms with E-state index in [2.05, 4.69) is 0 Å². The number of carbonyl (C=O) groups is 1. The Labute approximate surface area is 132 Å². The molecule has 7 nitrogen and oxygen atoms in total. The number of urea groups is 1. The molecule has 1 aromatic heterocycles. The number of nitrogens with two attached hydrogens (primary N) is 2. The van der Waals surface area contributed by atoms with E-state index in [0.29, 0.717) is 23.8 Å². The number of nitrogens with zero attached hydrogens (tertiary/aromatic N) is 1. The first-order chi connectivity index (χ1) is 10.7. The van der Waals surface area contributed by atoms with Crippen molar-refractivity contribution >= 4 is 23.5 Å². The number of benzene rings is 1. The van der Waals surface area contributed by atoms with Crippen LogP contribution in [-0.4, -0.2) is 12.6 Å². The normalized spacial score (nSPS) is 10.3. The van der Waals surface area contributed by atoms with Crippen LogP contribution in [0.1, 0.15) is 12.7 Å². The third-order valence-corrected chi connectivity index (χ3v) is 3.93. The third-order valence-electron chi connectivity index (χ3n) is 2.80. The highest BCUT2D eigenvalue weighted by Gasteiger charge is 2.18. The van der Waals surface area contributed by atoms with Crippen LogP contribution in [0.5, 0.6) is 5.75 Å². The highest BCUT2D eigenvalue weighted by molar-refractivity contribution is 7.98. The first-order valence-corrected chi connectivity index (χ1v) is 7.62. The summed E-state index contributed by atoms with van der Waals surface area (Å²) in [7, 11) is 0. The van der Waals surface area contributed by atoms with E-state index in [-0.39, 0.29) is 0 Å². The molecule has 8 heteroatoms. The van der Waals surface area contributed by atoms with Gasteiger partial charge in [0.25, 0.3) is 0 Å². The summed E-state index contributed by atoms with van der Waals surface area (Å²) in [6, 6.07) is 8.40. The lowest BCUT2D eigenvalue weighted by atomic mass is 10.3. The summed E-state index contributed by atoms with van der Waals surface area (Å²) in [6.07, 6.45) is 1.61. The number of carbonyl (C=O) groups excluding carboxylic acids is 1. The number of amides is 2. The van der Waals surface area contributed by atoms with E-state index < -0.39 is 6.03 Å². The van der Waals surface area contributed by atoms with Gasteiger partial charge in [-0.25, -0.2) is 21.5 Å². The van der Waals surface area contributed by atoms with Crippen LogP contribution in [0, 0.1) is 0 Å². The van der Waals surface area contributed by atoms with Gasteiger partial charge in [0.15, 0.2) is 0 Å². The summed E-state index contributed by atoms with van der Waals surface area (Å²) in [4.78, 5) is 12.4. The van der Waals surface area contributed by atoms with E-state index in [9.17, 15) is 4.79 Å². The summed E-state index contributed by atoms with van der Waals surface area (Å²) < 4.78 is 10.9. The molecule has 22 heavy (non-hydrogen) atoms. The van der Waals surface area contributed by atoms with Gasteiger partial charge in [0, 0.05) is 0 Å². The van der Waals surface area contributed by atoms with Crippen molar-refractivity contribution in [3.8, 4) is 5.75 Å². The van der Waals surface area contributed by atoms with Crippen molar-refractivity contribution < 1.29 is 13.9 Å². The first-order valence-electron chi connectivity index (χ1n) is 6.63. The molecule has 5 N–H and O–H groups in total. The molecule has 0 fully saturated rings. The zero-order chi connectivity index (χ0) is 15.9. The number of anilines is 1. The van der Waals surface area contributed by atoms with Crippen LogP contribution in [0.2, 0.25) is 0 Å². The quantitative estimate of drug-likeness (QED) is 0.326. The zero-order valence-corrected chi connectivity index (χ0v) is 12.9. The molecule has 0 saturated carbocycles.